The average Bonchev–Trinajstić information content (AvgIpc) is 2.33. The van der Waals surface area contributed by atoms with Crippen molar-refractivity contribution in [2.75, 3.05) is 19.0 Å². The van der Waals surface area contributed by atoms with Gasteiger partial charge in [0.2, 0.25) is 0 Å². The van der Waals surface area contributed by atoms with Gasteiger partial charge in [-0.3, -0.25) is 0 Å². The van der Waals surface area contributed by atoms with Gasteiger partial charge in [0.05, 0.1) is 0 Å². The van der Waals surface area contributed by atoms with E-state index < -0.39 is 0 Å². The van der Waals surface area contributed by atoms with Gasteiger partial charge in [-0.2, -0.15) is 0 Å². The lowest BCUT2D eigenvalue weighted by Crippen LogP contribution is -2.11. The van der Waals surface area contributed by atoms with Crippen LogP contribution in [0, 0.1) is 5.92 Å². The molecule has 0 aliphatic heterocycles. The van der Waals surface area contributed by atoms with Crippen LogP contribution in [0.25, 0.3) is 0 Å². The van der Waals surface area contributed by atoms with Gasteiger partial charge in [0, 0.05) is 25.8 Å². The molecular formula is C15H23NO. The fraction of sp³-hybridized carbons (Fsp3) is 0.600. The van der Waals surface area contributed by atoms with Crippen LogP contribution in [0.4, 0.5) is 5.69 Å². The summed E-state index contributed by atoms with van der Waals surface area (Å²) in [5, 5.41) is 10.0. The highest BCUT2D eigenvalue weighted by atomic mass is 16.3. The minimum atomic E-state index is 0.460. The van der Waals surface area contributed by atoms with Crippen LogP contribution < -0.4 is 4.90 Å². The summed E-state index contributed by atoms with van der Waals surface area (Å²) in [5.41, 5.74) is 2.18. The van der Waals surface area contributed by atoms with E-state index in [9.17, 15) is 5.11 Å². The standard InChI is InChI=1S/C15H23NO/c1-16(2)14-9-8-13(15(17)11-14)10-12-6-4-3-5-7-12/h8-9,11-12,17H,3-7,10H2,1-2H3. The number of hydrogen-bond donors (Lipinski definition) is 1. The molecule has 1 aromatic rings. The van der Waals surface area contributed by atoms with E-state index in [4.69, 9.17) is 0 Å². The number of benzene rings is 1. The van der Waals surface area contributed by atoms with Crippen molar-refractivity contribution in [3.8, 4) is 5.75 Å². The summed E-state index contributed by atoms with van der Waals surface area (Å²) in [6, 6.07) is 6.05. The van der Waals surface area contributed by atoms with E-state index in [-0.39, 0.29) is 0 Å². The van der Waals surface area contributed by atoms with E-state index in [0.717, 1.165) is 23.6 Å². The number of hydrogen-bond acceptors (Lipinski definition) is 2. The number of anilines is 1. The molecular weight excluding hydrogens is 210 g/mol. The van der Waals surface area contributed by atoms with Gasteiger partial charge in [0.25, 0.3) is 0 Å². The van der Waals surface area contributed by atoms with Gasteiger partial charge in [-0.1, -0.05) is 38.2 Å². The molecule has 1 fully saturated rings. The van der Waals surface area contributed by atoms with Crippen molar-refractivity contribution in [3.63, 3.8) is 0 Å². The monoisotopic (exact) mass is 233 g/mol. The molecule has 2 nitrogen and oxygen atoms in total. The predicted molar refractivity (Wildman–Crippen MR) is 72.7 cm³/mol. The molecule has 1 saturated carbocycles. The second-order valence-electron chi connectivity index (χ2n) is 5.42. The van der Waals surface area contributed by atoms with Crippen LogP contribution in [0.3, 0.4) is 0 Å². The Kier molecular flexibility index (Phi) is 3.93. The third-order valence-corrected chi connectivity index (χ3v) is 3.82. The highest BCUT2D eigenvalue weighted by Crippen LogP contribution is 2.31. The maximum atomic E-state index is 10.0. The Morgan fingerprint density at radius 3 is 2.47 bits per heavy atom. The zero-order chi connectivity index (χ0) is 12.3. The topological polar surface area (TPSA) is 23.5 Å². The highest BCUT2D eigenvalue weighted by Gasteiger charge is 2.15. The minimum absolute atomic E-state index is 0.460. The maximum Gasteiger partial charge on any atom is 0.120 e. The van der Waals surface area contributed by atoms with Crippen molar-refractivity contribution < 1.29 is 5.11 Å². The molecule has 0 amide bonds. The number of phenols is 1. The number of rotatable bonds is 3. The molecule has 1 aliphatic rings. The van der Waals surface area contributed by atoms with E-state index in [1.807, 2.05) is 25.1 Å². The Balaban J connectivity index is 2.05. The fourth-order valence-electron chi connectivity index (χ4n) is 2.71. The fourth-order valence-corrected chi connectivity index (χ4v) is 2.71. The lowest BCUT2D eigenvalue weighted by molar-refractivity contribution is 0.351. The highest BCUT2D eigenvalue weighted by molar-refractivity contribution is 5.52. The van der Waals surface area contributed by atoms with E-state index in [0.29, 0.717) is 5.75 Å². The van der Waals surface area contributed by atoms with Gasteiger partial charge >= 0.3 is 0 Å². The lowest BCUT2D eigenvalue weighted by Gasteiger charge is -2.22. The Morgan fingerprint density at radius 2 is 1.88 bits per heavy atom. The smallest absolute Gasteiger partial charge is 0.120 e. The van der Waals surface area contributed by atoms with Gasteiger partial charge < -0.3 is 10.0 Å². The first-order valence-corrected chi connectivity index (χ1v) is 6.66. The van der Waals surface area contributed by atoms with Crippen LogP contribution in [-0.2, 0) is 6.42 Å². The molecule has 0 saturated heterocycles. The van der Waals surface area contributed by atoms with E-state index in [2.05, 4.69) is 12.1 Å². The molecule has 0 unspecified atom stereocenters. The van der Waals surface area contributed by atoms with Crippen molar-refractivity contribution in [2.24, 2.45) is 5.92 Å². The first kappa shape index (κ1) is 12.3. The largest absolute Gasteiger partial charge is 0.508 e. The van der Waals surface area contributed by atoms with E-state index in [1.54, 1.807) is 0 Å². The summed E-state index contributed by atoms with van der Waals surface area (Å²) in [6.45, 7) is 0. The van der Waals surface area contributed by atoms with Crippen molar-refractivity contribution in [1.29, 1.82) is 0 Å². The van der Waals surface area contributed by atoms with Crippen molar-refractivity contribution in [3.05, 3.63) is 23.8 Å². The first-order chi connectivity index (χ1) is 8.16. The number of nitrogens with zero attached hydrogens (tertiary/aromatic N) is 1. The molecule has 2 rings (SSSR count). The average molecular weight is 233 g/mol. The molecule has 0 radical (unpaired) electrons. The number of phenolic OH excluding ortho intramolecular Hbond substituents is 1. The zero-order valence-corrected chi connectivity index (χ0v) is 10.9. The Hall–Kier alpha value is -1.18. The van der Waals surface area contributed by atoms with Crippen LogP contribution in [0.15, 0.2) is 18.2 Å². The molecule has 1 aliphatic carbocycles. The second kappa shape index (κ2) is 5.44. The first-order valence-electron chi connectivity index (χ1n) is 6.66. The molecule has 0 bridgehead atoms. The van der Waals surface area contributed by atoms with Crippen molar-refractivity contribution in [1.82, 2.24) is 0 Å². The second-order valence-corrected chi connectivity index (χ2v) is 5.42. The molecule has 94 valence electrons. The quantitative estimate of drug-likeness (QED) is 0.862. The van der Waals surface area contributed by atoms with Gasteiger partial charge in [0.1, 0.15) is 5.75 Å². The molecule has 0 spiro atoms. The summed E-state index contributed by atoms with van der Waals surface area (Å²) in [6.07, 6.45) is 7.81. The maximum absolute atomic E-state index is 10.0. The lowest BCUT2D eigenvalue weighted by atomic mass is 9.84. The minimum Gasteiger partial charge on any atom is -0.508 e. The molecule has 0 heterocycles. The van der Waals surface area contributed by atoms with E-state index in [1.165, 1.54) is 32.1 Å². The summed E-state index contributed by atoms with van der Waals surface area (Å²) >= 11 is 0. The number of aromatic hydroxyl groups is 1. The van der Waals surface area contributed by atoms with Crippen LogP contribution in [0.1, 0.15) is 37.7 Å². The normalized spacial score (nSPS) is 17.1. The molecule has 1 N–H and O–H groups in total. The third kappa shape index (κ3) is 3.15. The molecule has 0 atom stereocenters. The van der Waals surface area contributed by atoms with Gasteiger partial charge in [-0.05, 0) is 24.0 Å². The third-order valence-electron chi connectivity index (χ3n) is 3.82. The Morgan fingerprint density at radius 1 is 1.18 bits per heavy atom. The van der Waals surface area contributed by atoms with Crippen LogP contribution >= 0.6 is 0 Å². The van der Waals surface area contributed by atoms with Crippen molar-refractivity contribution in [2.45, 2.75) is 38.5 Å². The van der Waals surface area contributed by atoms with Crippen LogP contribution in [-0.4, -0.2) is 19.2 Å². The molecule has 2 heteroatoms. The van der Waals surface area contributed by atoms with Crippen LogP contribution in [0.5, 0.6) is 5.75 Å². The summed E-state index contributed by atoms with van der Waals surface area (Å²) in [5.74, 6) is 1.24. The summed E-state index contributed by atoms with van der Waals surface area (Å²) in [4.78, 5) is 2.02. The SMILES string of the molecule is CN(C)c1ccc(CC2CCCCC2)c(O)c1. The zero-order valence-electron chi connectivity index (χ0n) is 10.9. The van der Waals surface area contributed by atoms with Crippen LogP contribution in [0.2, 0.25) is 0 Å². The van der Waals surface area contributed by atoms with Crippen molar-refractivity contribution >= 4 is 5.69 Å². The Labute approximate surface area is 104 Å². The Bertz CT molecular complexity index is 367. The molecule has 0 aromatic heterocycles. The predicted octanol–water partition coefficient (Wildman–Crippen LogP) is 3.58. The van der Waals surface area contributed by atoms with Gasteiger partial charge in [-0.15, -0.1) is 0 Å². The summed E-state index contributed by atoms with van der Waals surface area (Å²) < 4.78 is 0. The van der Waals surface area contributed by atoms with Gasteiger partial charge in [-0.25, -0.2) is 0 Å². The molecule has 1 aromatic carbocycles. The van der Waals surface area contributed by atoms with Gasteiger partial charge in [0.15, 0.2) is 0 Å². The molecule has 17 heavy (non-hydrogen) atoms. The van der Waals surface area contributed by atoms with E-state index >= 15 is 0 Å². The summed E-state index contributed by atoms with van der Waals surface area (Å²) in [7, 11) is 3.99.